The van der Waals surface area contributed by atoms with Gasteiger partial charge in [-0.2, -0.15) is 18.3 Å². The summed E-state index contributed by atoms with van der Waals surface area (Å²) < 4.78 is 39.7. The first-order valence-corrected chi connectivity index (χ1v) is 5.97. The number of hydrogen-bond donors (Lipinski definition) is 2. The minimum absolute atomic E-state index is 0.372. The van der Waals surface area contributed by atoms with Gasteiger partial charge in [-0.3, -0.25) is 0 Å². The maximum absolute atomic E-state index is 12.7. The van der Waals surface area contributed by atoms with Gasteiger partial charge >= 0.3 is 6.18 Å². The fourth-order valence-electron chi connectivity index (χ4n) is 2.03. The van der Waals surface area contributed by atoms with Gasteiger partial charge in [-0.1, -0.05) is 12.1 Å². The van der Waals surface area contributed by atoms with Crippen LogP contribution in [0.15, 0.2) is 42.7 Å². The van der Waals surface area contributed by atoms with Crippen LogP contribution in [-0.4, -0.2) is 14.6 Å². The SMILES string of the molecule is NNc1nccn2nc(-c3cccc(C(F)(F)F)c3)cc12. The number of halogens is 3. The predicted octanol–water partition coefficient (Wildman–Crippen LogP) is 2.70. The number of benzene rings is 1. The van der Waals surface area contributed by atoms with E-state index in [1.807, 2.05) is 0 Å². The number of nitrogens with two attached hydrogens (primary N) is 1. The van der Waals surface area contributed by atoms with Crippen LogP contribution in [0, 0.1) is 0 Å². The predicted molar refractivity (Wildman–Crippen MR) is 71.2 cm³/mol. The highest BCUT2D eigenvalue weighted by Crippen LogP contribution is 2.32. The number of nitrogen functional groups attached to an aromatic ring is 1. The Morgan fingerprint density at radius 3 is 2.71 bits per heavy atom. The first-order chi connectivity index (χ1) is 9.99. The number of alkyl halides is 3. The standard InChI is InChI=1S/C13H10F3N5/c14-13(15,16)9-3-1-2-8(6-9)10-7-11-12(19-17)18-4-5-21(11)20-10/h1-7H,17H2,(H,18,19). The van der Waals surface area contributed by atoms with Crippen LogP contribution in [0.1, 0.15) is 5.56 Å². The zero-order valence-electron chi connectivity index (χ0n) is 10.6. The second-order valence-electron chi connectivity index (χ2n) is 4.36. The third kappa shape index (κ3) is 2.40. The third-order valence-electron chi connectivity index (χ3n) is 3.01. The molecule has 0 fully saturated rings. The summed E-state index contributed by atoms with van der Waals surface area (Å²) in [6.07, 6.45) is -1.31. The number of nitrogens with zero attached hydrogens (tertiary/aromatic N) is 3. The fraction of sp³-hybridized carbons (Fsp3) is 0.0769. The Hall–Kier alpha value is -2.61. The zero-order valence-corrected chi connectivity index (χ0v) is 10.6. The van der Waals surface area contributed by atoms with Crippen LogP contribution in [0.2, 0.25) is 0 Å². The number of rotatable bonds is 2. The van der Waals surface area contributed by atoms with Crippen molar-refractivity contribution in [2.45, 2.75) is 6.18 Å². The molecule has 108 valence electrons. The van der Waals surface area contributed by atoms with Gasteiger partial charge in [-0.15, -0.1) is 0 Å². The van der Waals surface area contributed by atoms with E-state index in [1.54, 1.807) is 18.3 Å². The third-order valence-corrected chi connectivity index (χ3v) is 3.01. The van der Waals surface area contributed by atoms with Crippen molar-refractivity contribution in [2.75, 3.05) is 5.43 Å². The van der Waals surface area contributed by atoms with Crippen LogP contribution in [0.3, 0.4) is 0 Å². The van der Waals surface area contributed by atoms with E-state index in [4.69, 9.17) is 5.84 Å². The van der Waals surface area contributed by atoms with Crippen molar-refractivity contribution in [3.8, 4) is 11.3 Å². The molecule has 0 radical (unpaired) electrons. The summed E-state index contributed by atoms with van der Waals surface area (Å²) in [6.45, 7) is 0. The molecule has 0 aliphatic carbocycles. The van der Waals surface area contributed by atoms with E-state index in [2.05, 4.69) is 15.5 Å². The molecule has 1 aromatic carbocycles. The van der Waals surface area contributed by atoms with E-state index < -0.39 is 11.7 Å². The molecule has 0 aliphatic heterocycles. The number of aromatic nitrogens is 3. The molecule has 0 bridgehead atoms. The summed E-state index contributed by atoms with van der Waals surface area (Å²) in [7, 11) is 0. The van der Waals surface area contributed by atoms with Gasteiger partial charge in [0.25, 0.3) is 0 Å². The van der Waals surface area contributed by atoms with E-state index in [-0.39, 0.29) is 0 Å². The summed E-state index contributed by atoms with van der Waals surface area (Å²) in [6, 6.07) is 6.62. The van der Waals surface area contributed by atoms with Gasteiger partial charge in [0.15, 0.2) is 5.82 Å². The largest absolute Gasteiger partial charge is 0.416 e. The van der Waals surface area contributed by atoms with Gasteiger partial charge in [-0.05, 0) is 18.2 Å². The van der Waals surface area contributed by atoms with Crippen molar-refractivity contribution < 1.29 is 13.2 Å². The Morgan fingerprint density at radius 2 is 2.00 bits per heavy atom. The van der Waals surface area contributed by atoms with Gasteiger partial charge in [-0.25, -0.2) is 15.3 Å². The number of nitrogens with one attached hydrogen (secondary N) is 1. The fourth-order valence-corrected chi connectivity index (χ4v) is 2.03. The van der Waals surface area contributed by atoms with Crippen LogP contribution < -0.4 is 11.3 Å². The molecule has 0 spiro atoms. The second kappa shape index (κ2) is 4.74. The van der Waals surface area contributed by atoms with Crippen molar-refractivity contribution in [3.63, 3.8) is 0 Å². The van der Waals surface area contributed by atoms with E-state index in [9.17, 15) is 13.2 Å². The molecule has 0 amide bonds. The van der Waals surface area contributed by atoms with Crippen LogP contribution in [0.5, 0.6) is 0 Å². The number of fused-ring (bicyclic) bond motifs is 1. The summed E-state index contributed by atoms with van der Waals surface area (Å²) in [4.78, 5) is 4.01. The second-order valence-corrected chi connectivity index (χ2v) is 4.36. The van der Waals surface area contributed by atoms with Gasteiger partial charge in [0.05, 0.1) is 11.3 Å². The van der Waals surface area contributed by atoms with Crippen molar-refractivity contribution in [1.29, 1.82) is 0 Å². The minimum atomic E-state index is -4.39. The highest BCUT2D eigenvalue weighted by Gasteiger charge is 2.30. The maximum atomic E-state index is 12.7. The Kier molecular flexibility index (Phi) is 3.02. The van der Waals surface area contributed by atoms with Crippen molar-refractivity contribution >= 4 is 11.3 Å². The summed E-state index contributed by atoms with van der Waals surface area (Å²) >= 11 is 0. The molecule has 0 atom stereocenters. The molecular weight excluding hydrogens is 283 g/mol. The molecule has 5 nitrogen and oxygen atoms in total. The molecule has 3 N–H and O–H groups in total. The molecule has 0 saturated carbocycles. The molecule has 3 rings (SSSR count). The maximum Gasteiger partial charge on any atom is 0.416 e. The molecule has 3 aromatic rings. The Balaban J connectivity index is 2.13. The van der Waals surface area contributed by atoms with Crippen molar-refractivity contribution in [3.05, 3.63) is 48.3 Å². The van der Waals surface area contributed by atoms with Crippen LogP contribution in [0.25, 0.3) is 16.8 Å². The van der Waals surface area contributed by atoms with E-state index in [0.717, 1.165) is 12.1 Å². The number of hydrazine groups is 1. The van der Waals surface area contributed by atoms with Crippen LogP contribution in [0.4, 0.5) is 19.0 Å². The first kappa shape index (κ1) is 13.4. The quantitative estimate of drug-likeness (QED) is 0.563. The summed E-state index contributed by atoms with van der Waals surface area (Å²) in [5.74, 6) is 5.73. The molecular formula is C13H10F3N5. The van der Waals surface area contributed by atoms with Crippen LogP contribution in [-0.2, 0) is 6.18 Å². The molecule has 2 heterocycles. The Bertz CT molecular complexity index is 794. The normalized spacial score (nSPS) is 11.8. The van der Waals surface area contributed by atoms with E-state index in [0.29, 0.717) is 22.6 Å². The summed E-state index contributed by atoms with van der Waals surface area (Å²) in [5, 5.41) is 4.23. The lowest BCUT2D eigenvalue weighted by Crippen LogP contribution is -2.09. The zero-order chi connectivity index (χ0) is 15.0. The topological polar surface area (TPSA) is 68.2 Å². The van der Waals surface area contributed by atoms with Gasteiger partial charge in [0.2, 0.25) is 0 Å². The van der Waals surface area contributed by atoms with Crippen LogP contribution >= 0.6 is 0 Å². The summed E-state index contributed by atoms with van der Waals surface area (Å²) in [5.41, 5.74) is 3.06. The van der Waals surface area contributed by atoms with Gasteiger partial charge in [0, 0.05) is 18.0 Å². The van der Waals surface area contributed by atoms with Gasteiger partial charge in [0.1, 0.15) is 5.52 Å². The molecule has 2 aromatic heterocycles. The molecule has 0 unspecified atom stereocenters. The lowest BCUT2D eigenvalue weighted by Gasteiger charge is -2.07. The average Bonchev–Trinajstić information content (AvgIpc) is 2.90. The lowest BCUT2D eigenvalue weighted by molar-refractivity contribution is -0.137. The van der Waals surface area contributed by atoms with E-state index in [1.165, 1.54) is 16.8 Å². The Labute approximate surface area is 117 Å². The number of hydrogen-bond acceptors (Lipinski definition) is 4. The highest BCUT2D eigenvalue weighted by molar-refractivity contribution is 5.74. The molecule has 0 saturated heterocycles. The molecule has 21 heavy (non-hydrogen) atoms. The van der Waals surface area contributed by atoms with Gasteiger partial charge < -0.3 is 5.43 Å². The highest BCUT2D eigenvalue weighted by atomic mass is 19.4. The minimum Gasteiger partial charge on any atom is -0.307 e. The Morgan fingerprint density at radius 1 is 1.19 bits per heavy atom. The van der Waals surface area contributed by atoms with Crippen molar-refractivity contribution in [2.24, 2.45) is 5.84 Å². The smallest absolute Gasteiger partial charge is 0.307 e. The first-order valence-electron chi connectivity index (χ1n) is 5.97. The molecule has 8 heteroatoms. The average molecular weight is 293 g/mol. The lowest BCUT2D eigenvalue weighted by atomic mass is 10.1. The molecule has 0 aliphatic rings. The number of anilines is 1. The van der Waals surface area contributed by atoms with Crippen molar-refractivity contribution in [1.82, 2.24) is 14.6 Å². The van der Waals surface area contributed by atoms with E-state index >= 15 is 0 Å². The monoisotopic (exact) mass is 293 g/mol.